The third-order valence-corrected chi connectivity index (χ3v) is 2.98. The maximum absolute atomic E-state index is 9.82. The number of nitrogens with two attached hydrogens (primary N) is 1. The van der Waals surface area contributed by atoms with Crippen LogP contribution in [0.2, 0.25) is 5.02 Å². The van der Waals surface area contributed by atoms with E-state index in [-0.39, 0.29) is 18.4 Å². The highest BCUT2D eigenvalue weighted by atomic mass is 35.5. The first kappa shape index (κ1) is 12.8. The molecule has 0 amide bonds. The van der Waals surface area contributed by atoms with E-state index >= 15 is 0 Å². The largest absolute Gasteiger partial charge is 0.391 e. The van der Waals surface area contributed by atoms with E-state index in [0.717, 1.165) is 18.4 Å². The Balaban J connectivity index is 0.00000112. The van der Waals surface area contributed by atoms with Crippen LogP contribution in [0.5, 0.6) is 0 Å². The maximum Gasteiger partial charge on any atom is 0.0760 e. The Hall–Kier alpha value is -0.280. The molecule has 1 saturated carbocycles. The highest BCUT2D eigenvalue weighted by molar-refractivity contribution is 6.30. The zero-order valence-electron chi connectivity index (χ0n) is 8.27. The zero-order valence-corrected chi connectivity index (χ0v) is 9.84. The number of aliphatic hydroxyl groups is 1. The maximum atomic E-state index is 9.82. The molecule has 0 radical (unpaired) electrons. The van der Waals surface area contributed by atoms with Gasteiger partial charge in [0.15, 0.2) is 0 Å². The van der Waals surface area contributed by atoms with E-state index in [2.05, 4.69) is 0 Å². The predicted molar refractivity (Wildman–Crippen MR) is 64.4 cm³/mol. The van der Waals surface area contributed by atoms with Gasteiger partial charge in [-0.1, -0.05) is 23.7 Å². The molecule has 0 unspecified atom stereocenters. The molecule has 0 heterocycles. The molecule has 1 aliphatic rings. The minimum atomic E-state index is -0.406. The fourth-order valence-corrected chi connectivity index (χ4v) is 1.74. The molecule has 0 aliphatic heterocycles. The first-order valence-electron chi connectivity index (χ1n) is 4.87. The van der Waals surface area contributed by atoms with E-state index in [1.54, 1.807) is 12.1 Å². The van der Waals surface area contributed by atoms with Gasteiger partial charge in [0.2, 0.25) is 0 Å². The Bertz CT molecular complexity index is 311. The quantitative estimate of drug-likeness (QED) is 0.863. The van der Waals surface area contributed by atoms with Crippen LogP contribution in [-0.4, -0.2) is 11.2 Å². The minimum Gasteiger partial charge on any atom is -0.391 e. The lowest BCUT2D eigenvalue weighted by molar-refractivity contribution is 0.122. The molecule has 2 nitrogen and oxygen atoms in total. The highest BCUT2D eigenvalue weighted by Gasteiger charge is 2.34. The van der Waals surface area contributed by atoms with Crippen molar-refractivity contribution in [2.24, 2.45) is 11.7 Å². The number of rotatable bonds is 3. The Labute approximate surface area is 101 Å². The minimum absolute atomic E-state index is 0. The summed E-state index contributed by atoms with van der Waals surface area (Å²) in [5, 5.41) is 10.5. The summed E-state index contributed by atoms with van der Waals surface area (Å²) in [5.41, 5.74) is 6.89. The van der Waals surface area contributed by atoms with E-state index in [1.165, 1.54) is 0 Å². The summed E-state index contributed by atoms with van der Waals surface area (Å²) < 4.78 is 0. The van der Waals surface area contributed by atoms with Crippen LogP contribution < -0.4 is 5.73 Å². The van der Waals surface area contributed by atoms with Crippen LogP contribution in [0.15, 0.2) is 24.3 Å². The van der Waals surface area contributed by atoms with E-state index < -0.39 is 6.10 Å². The molecule has 2 rings (SSSR count). The normalized spacial score (nSPS) is 19.1. The summed E-state index contributed by atoms with van der Waals surface area (Å²) >= 11 is 5.77. The van der Waals surface area contributed by atoms with Gasteiger partial charge in [-0.2, -0.15) is 0 Å². The fraction of sp³-hybridized carbons (Fsp3) is 0.455. The van der Waals surface area contributed by atoms with Crippen molar-refractivity contribution in [2.75, 3.05) is 0 Å². The molecule has 0 aromatic heterocycles. The van der Waals surface area contributed by atoms with Gasteiger partial charge in [0.1, 0.15) is 0 Å². The molecule has 4 heteroatoms. The molecule has 2 atom stereocenters. The average Bonchev–Trinajstić information content (AvgIpc) is 3.00. The second-order valence-corrected chi connectivity index (χ2v) is 4.34. The lowest BCUT2D eigenvalue weighted by atomic mass is 9.99. The number of halogens is 2. The summed E-state index contributed by atoms with van der Waals surface area (Å²) in [6.45, 7) is 0. The molecule has 3 N–H and O–H groups in total. The smallest absolute Gasteiger partial charge is 0.0760 e. The summed E-state index contributed by atoms with van der Waals surface area (Å²) in [5.74, 6) is 0.403. The molecule has 0 saturated heterocycles. The van der Waals surface area contributed by atoms with Gasteiger partial charge in [0.05, 0.1) is 12.1 Å². The summed E-state index contributed by atoms with van der Waals surface area (Å²) in [7, 11) is 0. The van der Waals surface area contributed by atoms with Crippen LogP contribution in [-0.2, 0) is 0 Å². The number of hydrogen-bond donors (Lipinski definition) is 2. The molecule has 0 bridgehead atoms. The Morgan fingerprint density at radius 1 is 1.27 bits per heavy atom. The van der Waals surface area contributed by atoms with Crippen molar-refractivity contribution >= 4 is 24.0 Å². The van der Waals surface area contributed by atoms with Gasteiger partial charge in [-0.05, 0) is 36.5 Å². The molecule has 84 valence electrons. The van der Waals surface area contributed by atoms with Crippen molar-refractivity contribution in [1.29, 1.82) is 0 Å². The van der Waals surface area contributed by atoms with Crippen LogP contribution in [0.25, 0.3) is 0 Å². The number of aliphatic hydroxyl groups excluding tert-OH is 1. The molecule has 1 aromatic rings. The molecule has 1 aromatic carbocycles. The number of benzene rings is 1. The molecular weight excluding hydrogens is 233 g/mol. The Morgan fingerprint density at radius 3 is 2.27 bits per heavy atom. The van der Waals surface area contributed by atoms with Crippen molar-refractivity contribution in [3.63, 3.8) is 0 Å². The van der Waals surface area contributed by atoms with Gasteiger partial charge in [-0.3, -0.25) is 0 Å². The summed E-state index contributed by atoms with van der Waals surface area (Å²) in [4.78, 5) is 0. The molecule has 1 fully saturated rings. The molecule has 15 heavy (non-hydrogen) atoms. The van der Waals surface area contributed by atoms with E-state index in [4.69, 9.17) is 17.3 Å². The Morgan fingerprint density at radius 2 is 1.80 bits per heavy atom. The summed E-state index contributed by atoms with van der Waals surface area (Å²) in [6.07, 6.45) is 1.79. The van der Waals surface area contributed by atoms with Gasteiger partial charge < -0.3 is 10.8 Å². The van der Waals surface area contributed by atoms with Crippen LogP contribution in [0.4, 0.5) is 0 Å². The van der Waals surface area contributed by atoms with Crippen molar-refractivity contribution in [2.45, 2.75) is 25.0 Å². The van der Waals surface area contributed by atoms with Crippen molar-refractivity contribution in [3.05, 3.63) is 34.9 Å². The van der Waals surface area contributed by atoms with Crippen molar-refractivity contribution in [3.8, 4) is 0 Å². The van der Waals surface area contributed by atoms with Gasteiger partial charge in [0, 0.05) is 5.02 Å². The first-order chi connectivity index (χ1) is 6.68. The second-order valence-electron chi connectivity index (χ2n) is 3.91. The molecule has 1 aliphatic carbocycles. The van der Waals surface area contributed by atoms with Gasteiger partial charge in [0.25, 0.3) is 0 Å². The Kier molecular flexibility index (Phi) is 4.41. The molecule has 0 spiro atoms. The van der Waals surface area contributed by atoms with E-state index in [1.807, 2.05) is 12.1 Å². The van der Waals surface area contributed by atoms with Crippen molar-refractivity contribution in [1.82, 2.24) is 0 Å². The predicted octanol–water partition coefficient (Wildman–Crippen LogP) is 2.53. The zero-order chi connectivity index (χ0) is 10.1. The molecular formula is C11H15Cl2NO. The second kappa shape index (κ2) is 5.17. The van der Waals surface area contributed by atoms with Crippen LogP contribution >= 0.6 is 24.0 Å². The SMILES string of the molecule is Cl.N[C@@H](c1ccc(Cl)cc1)[C@H](O)C1CC1. The highest BCUT2D eigenvalue weighted by Crippen LogP contribution is 2.37. The van der Waals surface area contributed by atoms with Crippen molar-refractivity contribution < 1.29 is 5.11 Å². The fourth-order valence-electron chi connectivity index (χ4n) is 1.61. The van der Waals surface area contributed by atoms with Crippen LogP contribution in [0, 0.1) is 5.92 Å². The van der Waals surface area contributed by atoms with Gasteiger partial charge >= 0.3 is 0 Å². The van der Waals surface area contributed by atoms with Crippen LogP contribution in [0.3, 0.4) is 0 Å². The van der Waals surface area contributed by atoms with Gasteiger partial charge in [-0.25, -0.2) is 0 Å². The van der Waals surface area contributed by atoms with Crippen LogP contribution in [0.1, 0.15) is 24.4 Å². The third kappa shape index (κ3) is 3.08. The monoisotopic (exact) mass is 247 g/mol. The average molecular weight is 248 g/mol. The standard InChI is InChI=1S/C11H14ClNO.ClH/c12-9-5-3-7(4-6-9)10(13)11(14)8-1-2-8;/h3-6,8,10-11,14H,1-2,13H2;1H/t10-,11+;/m0./s1. The number of hydrogen-bond acceptors (Lipinski definition) is 2. The third-order valence-electron chi connectivity index (χ3n) is 2.73. The lowest BCUT2D eigenvalue weighted by Crippen LogP contribution is -2.27. The van der Waals surface area contributed by atoms with Gasteiger partial charge in [-0.15, -0.1) is 12.4 Å². The topological polar surface area (TPSA) is 46.2 Å². The van der Waals surface area contributed by atoms with E-state index in [0.29, 0.717) is 10.9 Å². The lowest BCUT2D eigenvalue weighted by Gasteiger charge is -2.18. The summed E-state index contributed by atoms with van der Waals surface area (Å²) in [6, 6.07) is 7.07. The van der Waals surface area contributed by atoms with E-state index in [9.17, 15) is 5.11 Å². The first-order valence-corrected chi connectivity index (χ1v) is 5.25.